The number of hydrogen-bond acceptors (Lipinski definition) is 2. The average Bonchev–Trinajstić information content (AvgIpc) is 3.72. The largest absolute Gasteiger partial charge is 0.309 e. The highest BCUT2D eigenvalue weighted by Crippen LogP contribution is 2.54. The average molecular weight is 806 g/mol. The predicted octanol–water partition coefficient (Wildman–Crippen LogP) is 15.3. The van der Waals surface area contributed by atoms with Crippen LogP contribution in [0.4, 0.5) is 0 Å². The van der Waals surface area contributed by atoms with E-state index in [0.29, 0.717) is 0 Å². The second-order valence-electron chi connectivity index (χ2n) is 18.1. The van der Waals surface area contributed by atoms with E-state index in [-0.39, 0.29) is 11.3 Å². The van der Waals surface area contributed by atoms with Gasteiger partial charge in [0.15, 0.2) is 5.82 Å². The molecule has 0 saturated heterocycles. The highest BCUT2D eigenvalue weighted by atomic mass is 15.0. The van der Waals surface area contributed by atoms with Gasteiger partial charge in [0.25, 0.3) is 0 Å². The van der Waals surface area contributed by atoms with Gasteiger partial charge in [0, 0.05) is 38.9 Å². The zero-order valence-electron chi connectivity index (χ0n) is 35.3. The minimum absolute atomic E-state index is 0.0230. The zero-order valence-corrected chi connectivity index (χ0v) is 35.3. The second-order valence-corrected chi connectivity index (χ2v) is 18.1. The predicted molar refractivity (Wildman–Crippen MR) is 262 cm³/mol. The van der Waals surface area contributed by atoms with Crippen LogP contribution in [0.1, 0.15) is 54.3 Å². The van der Waals surface area contributed by atoms with E-state index in [1.165, 1.54) is 93.4 Å². The van der Waals surface area contributed by atoms with E-state index < -0.39 is 0 Å². The molecule has 2 aliphatic rings. The molecule has 0 aliphatic heterocycles. The molecule has 0 fully saturated rings. The normalized spacial score (nSPS) is 15.0. The molecule has 11 aromatic rings. The Balaban J connectivity index is 1.08. The van der Waals surface area contributed by atoms with Crippen molar-refractivity contribution in [3.63, 3.8) is 0 Å². The standard InChI is InChI=1S/C60H43N3/c1-60(2)53-36-42(37-15-5-3-6-16-37)25-29-48(53)56-57(47-28-26-43-31-38-17-9-10-18-39(38)32-49(43)51-34-41-20-12-11-19-40(41)33-50(47)51)61-59(62-58(56)60)44-27-30-55-52(35-44)46-23-13-14-24-54(46)63(55)45-21-7-4-8-22-45/h3-25,27,29-36,47H,26,28H2,1-2H3. The number of rotatable bonds is 4. The van der Waals surface area contributed by atoms with Crippen molar-refractivity contribution in [1.29, 1.82) is 0 Å². The van der Waals surface area contributed by atoms with Crippen LogP contribution >= 0.6 is 0 Å². The number of aromatic nitrogens is 3. The molecule has 0 amide bonds. The van der Waals surface area contributed by atoms with Gasteiger partial charge in [-0.25, -0.2) is 9.97 Å². The zero-order chi connectivity index (χ0) is 41.8. The first kappa shape index (κ1) is 36.1. The maximum absolute atomic E-state index is 5.86. The molecule has 0 radical (unpaired) electrons. The van der Waals surface area contributed by atoms with Crippen molar-refractivity contribution < 1.29 is 0 Å². The van der Waals surface area contributed by atoms with E-state index in [1.807, 2.05) is 0 Å². The number of nitrogens with zero attached hydrogens (tertiary/aromatic N) is 3. The van der Waals surface area contributed by atoms with Crippen molar-refractivity contribution in [3.05, 3.63) is 222 Å². The van der Waals surface area contributed by atoms with Gasteiger partial charge in [-0.1, -0.05) is 147 Å². The van der Waals surface area contributed by atoms with Gasteiger partial charge >= 0.3 is 0 Å². The van der Waals surface area contributed by atoms with E-state index in [2.05, 4.69) is 213 Å². The smallest absolute Gasteiger partial charge is 0.159 e. The number of hydrogen-bond donors (Lipinski definition) is 0. The first-order valence-corrected chi connectivity index (χ1v) is 22.2. The molecule has 9 aromatic carbocycles. The summed E-state index contributed by atoms with van der Waals surface area (Å²) in [5.41, 5.74) is 17.9. The van der Waals surface area contributed by atoms with Gasteiger partial charge in [-0.15, -0.1) is 0 Å². The summed E-state index contributed by atoms with van der Waals surface area (Å²) in [6.07, 6.45) is 1.87. The maximum Gasteiger partial charge on any atom is 0.159 e. The molecule has 2 aliphatic carbocycles. The fourth-order valence-electron chi connectivity index (χ4n) is 11.0. The molecule has 63 heavy (non-hydrogen) atoms. The van der Waals surface area contributed by atoms with Gasteiger partial charge in [0.05, 0.1) is 22.4 Å². The highest BCUT2D eigenvalue weighted by molar-refractivity contribution is 6.10. The lowest BCUT2D eigenvalue weighted by atomic mass is 9.83. The van der Waals surface area contributed by atoms with Gasteiger partial charge in [-0.3, -0.25) is 0 Å². The van der Waals surface area contributed by atoms with Gasteiger partial charge < -0.3 is 4.57 Å². The van der Waals surface area contributed by atoms with Crippen molar-refractivity contribution in [1.82, 2.24) is 14.5 Å². The molecular weight excluding hydrogens is 763 g/mol. The minimum atomic E-state index is -0.368. The third-order valence-corrected chi connectivity index (χ3v) is 14.1. The summed E-state index contributed by atoms with van der Waals surface area (Å²) in [5.74, 6) is 0.802. The molecule has 13 rings (SSSR count). The molecule has 3 heteroatoms. The number of para-hydroxylation sites is 2. The molecular formula is C60H43N3. The Morgan fingerprint density at radius 3 is 1.90 bits per heavy atom. The fraction of sp³-hybridized carbons (Fsp3) is 0.100. The van der Waals surface area contributed by atoms with Crippen molar-refractivity contribution in [2.45, 2.75) is 38.0 Å². The van der Waals surface area contributed by atoms with E-state index in [1.54, 1.807) is 0 Å². The summed E-state index contributed by atoms with van der Waals surface area (Å²) in [6.45, 7) is 4.72. The molecule has 3 nitrogen and oxygen atoms in total. The molecule has 0 N–H and O–H groups in total. The van der Waals surface area contributed by atoms with Crippen LogP contribution in [0.3, 0.4) is 0 Å². The summed E-state index contributed by atoms with van der Waals surface area (Å²) < 4.78 is 2.38. The van der Waals surface area contributed by atoms with Crippen molar-refractivity contribution in [3.8, 4) is 50.5 Å². The third-order valence-electron chi connectivity index (χ3n) is 14.1. The van der Waals surface area contributed by atoms with Crippen molar-refractivity contribution >= 4 is 43.4 Å². The molecule has 1 atom stereocenters. The number of aryl methyl sites for hydroxylation is 1. The lowest BCUT2D eigenvalue weighted by Gasteiger charge is -2.24. The molecule has 1 unspecified atom stereocenters. The first-order valence-electron chi connectivity index (χ1n) is 22.2. The maximum atomic E-state index is 5.86. The molecule has 0 spiro atoms. The van der Waals surface area contributed by atoms with Crippen LogP contribution in [0.2, 0.25) is 0 Å². The quantitative estimate of drug-likeness (QED) is 0.177. The second kappa shape index (κ2) is 13.7. The Bertz CT molecular complexity index is 3650. The van der Waals surface area contributed by atoms with Crippen LogP contribution in [-0.4, -0.2) is 14.5 Å². The van der Waals surface area contributed by atoms with Crippen molar-refractivity contribution in [2.24, 2.45) is 0 Å². The highest BCUT2D eigenvalue weighted by Gasteiger charge is 2.42. The van der Waals surface area contributed by atoms with Crippen molar-refractivity contribution in [2.75, 3.05) is 0 Å². The van der Waals surface area contributed by atoms with Crippen LogP contribution in [0.25, 0.3) is 93.8 Å². The molecule has 0 bridgehead atoms. The lowest BCUT2D eigenvalue weighted by Crippen LogP contribution is -2.19. The third kappa shape index (κ3) is 5.52. The van der Waals surface area contributed by atoms with Gasteiger partial charge in [-0.05, 0) is 140 Å². The van der Waals surface area contributed by atoms with Crippen LogP contribution in [0.5, 0.6) is 0 Å². The molecule has 2 heterocycles. The topological polar surface area (TPSA) is 30.7 Å². The number of benzene rings is 9. The Morgan fingerprint density at radius 1 is 0.492 bits per heavy atom. The molecule has 2 aromatic heterocycles. The van der Waals surface area contributed by atoms with Gasteiger partial charge in [-0.2, -0.15) is 0 Å². The van der Waals surface area contributed by atoms with Crippen LogP contribution in [-0.2, 0) is 11.8 Å². The summed E-state index contributed by atoms with van der Waals surface area (Å²) in [6, 6.07) is 71.5. The van der Waals surface area contributed by atoms with Gasteiger partial charge in [0.2, 0.25) is 0 Å². The Kier molecular flexibility index (Phi) is 7.84. The van der Waals surface area contributed by atoms with E-state index in [0.717, 1.165) is 41.3 Å². The van der Waals surface area contributed by atoms with Crippen LogP contribution in [0.15, 0.2) is 194 Å². The van der Waals surface area contributed by atoms with Crippen LogP contribution in [0, 0.1) is 0 Å². The van der Waals surface area contributed by atoms with E-state index >= 15 is 0 Å². The Morgan fingerprint density at radius 2 is 1.13 bits per heavy atom. The summed E-state index contributed by atoms with van der Waals surface area (Å²) in [5, 5.41) is 7.48. The molecule has 298 valence electrons. The van der Waals surface area contributed by atoms with Crippen LogP contribution < -0.4 is 0 Å². The fourth-order valence-corrected chi connectivity index (χ4v) is 11.0. The summed E-state index contributed by atoms with van der Waals surface area (Å²) in [7, 11) is 0. The van der Waals surface area contributed by atoms with E-state index in [9.17, 15) is 0 Å². The number of fused-ring (bicyclic) bond motifs is 11. The molecule has 0 saturated carbocycles. The summed E-state index contributed by atoms with van der Waals surface area (Å²) in [4.78, 5) is 11.5. The Hall–Kier alpha value is -7.62. The van der Waals surface area contributed by atoms with E-state index in [4.69, 9.17) is 9.97 Å². The van der Waals surface area contributed by atoms with Gasteiger partial charge in [0.1, 0.15) is 0 Å². The SMILES string of the molecule is CC1(C)c2cc(-c3ccccc3)ccc2-c2c(C3CCc4cc5ccccc5cc4-c4cc5ccccc5cc43)nc(-c3ccc4c(c3)c3ccccc3n4-c3ccccc3)nc21. The minimum Gasteiger partial charge on any atom is -0.309 e. The lowest BCUT2D eigenvalue weighted by molar-refractivity contribution is 0.630. The Labute approximate surface area is 367 Å². The monoisotopic (exact) mass is 805 g/mol. The first-order chi connectivity index (χ1) is 31.0. The summed E-state index contributed by atoms with van der Waals surface area (Å²) >= 11 is 0.